The summed E-state index contributed by atoms with van der Waals surface area (Å²) in [6.45, 7) is 3.49. The van der Waals surface area contributed by atoms with Gasteiger partial charge in [0.2, 0.25) is 10.0 Å². The minimum atomic E-state index is -4.61. The zero-order chi connectivity index (χ0) is 26.5. The molecule has 4 rings (SSSR count). The summed E-state index contributed by atoms with van der Waals surface area (Å²) in [4.78, 5) is 20.4. The van der Waals surface area contributed by atoms with Crippen LogP contribution in [0.2, 0.25) is 0 Å². The second-order valence-electron chi connectivity index (χ2n) is 8.90. The molecule has 8 nitrogen and oxygen atoms in total. The molecule has 1 aliphatic carbocycles. The van der Waals surface area contributed by atoms with Crippen LogP contribution >= 0.6 is 11.3 Å². The van der Waals surface area contributed by atoms with Crippen molar-refractivity contribution in [3.05, 3.63) is 58.4 Å². The van der Waals surface area contributed by atoms with Crippen LogP contribution in [0, 0.1) is 0 Å². The average molecular weight is 541 g/mol. The number of nitrogens with one attached hydrogen (secondary N) is 1. The first kappa shape index (κ1) is 25.9. The van der Waals surface area contributed by atoms with Crippen LogP contribution in [0.15, 0.2) is 36.0 Å². The molecule has 0 bridgehead atoms. The first-order valence-electron chi connectivity index (χ1n) is 10.8. The second-order valence-corrected chi connectivity index (χ2v) is 11.7. The molecule has 36 heavy (non-hydrogen) atoms. The van der Waals surface area contributed by atoms with E-state index in [1.54, 1.807) is 19.2 Å². The van der Waals surface area contributed by atoms with E-state index >= 15 is 0 Å². The fourth-order valence-electron chi connectivity index (χ4n) is 3.91. The van der Waals surface area contributed by atoms with Crippen molar-refractivity contribution in [1.82, 2.24) is 9.97 Å². The number of pyridine rings is 1. The fourth-order valence-corrected chi connectivity index (χ4v) is 6.39. The van der Waals surface area contributed by atoms with Crippen LogP contribution in [0.3, 0.4) is 0 Å². The quantitative estimate of drug-likeness (QED) is 0.432. The molecule has 0 radical (unpaired) electrons. The molecule has 0 atom stereocenters. The summed E-state index contributed by atoms with van der Waals surface area (Å²) in [7, 11) is -2.22. The molecule has 3 aromatic rings. The Morgan fingerprint density at radius 3 is 2.50 bits per heavy atom. The Kier molecular flexibility index (Phi) is 6.50. The summed E-state index contributed by atoms with van der Waals surface area (Å²) in [6, 6.07) is 3.83. The Morgan fingerprint density at radius 1 is 1.22 bits per heavy atom. The number of hydrogen-bond donors (Lipinski definition) is 2. The SMILES string of the molecule is COc1c(C(N)=O)ccc(-c2cncc(C(F)(F)F)c2)c1C(C)(C)c1csc(NS(=O)(=O)C2CC2)n1. The molecule has 1 fully saturated rings. The van der Waals surface area contributed by atoms with E-state index < -0.39 is 38.3 Å². The number of rotatable bonds is 8. The Morgan fingerprint density at radius 2 is 1.92 bits per heavy atom. The zero-order valence-corrected chi connectivity index (χ0v) is 21.1. The van der Waals surface area contributed by atoms with Crippen molar-refractivity contribution in [2.75, 3.05) is 11.8 Å². The molecule has 2 aromatic heterocycles. The van der Waals surface area contributed by atoms with E-state index in [4.69, 9.17) is 10.5 Å². The number of sulfonamides is 1. The van der Waals surface area contributed by atoms with Gasteiger partial charge in [-0.2, -0.15) is 13.2 Å². The number of anilines is 1. The summed E-state index contributed by atoms with van der Waals surface area (Å²) in [5.74, 6) is -0.704. The Balaban J connectivity index is 1.88. The first-order chi connectivity index (χ1) is 16.8. The van der Waals surface area contributed by atoms with Crippen molar-refractivity contribution >= 4 is 32.4 Å². The highest BCUT2D eigenvalue weighted by molar-refractivity contribution is 7.93. The molecule has 0 aliphatic heterocycles. The third kappa shape index (κ3) is 4.89. The van der Waals surface area contributed by atoms with Crippen molar-refractivity contribution in [2.24, 2.45) is 5.73 Å². The molecule has 1 aromatic carbocycles. The zero-order valence-electron chi connectivity index (χ0n) is 19.5. The molecule has 3 N–H and O–H groups in total. The van der Waals surface area contributed by atoms with E-state index in [0.717, 1.165) is 23.6 Å². The number of benzene rings is 1. The molecule has 13 heteroatoms. The summed E-state index contributed by atoms with van der Waals surface area (Å²) < 4.78 is 73.0. The van der Waals surface area contributed by atoms with E-state index in [0.29, 0.717) is 29.7 Å². The van der Waals surface area contributed by atoms with Crippen LogP contribution in [-0.2, 0) is 21.6 Å². The minimum Gasteiger partial charge on any atom is -0.496 e. The number of amides is 1. The van der Waals surface area contributed by atoms with Crippen molar-refractivity contribution in [1.29, 1.82) is 0 Å². The van der Waals surface area contributed by atoms with Crippen LogP contribution in [0.5, 0.6) is 5.75 Å². The van der Waals surface area contributed by atoms with Gasteiger partial charge in [-0.15, -0.1) is 11.3 Å². The van der Waals surface area contributed by atoms with Gasteiger partial charge in [-0.1, -0.05) is 6.07 Å². The molecule has 1 amide bonds. The second kappa shape index (κ2) is 9.04. The highest BCUT2D eigenvalue weighted by Crippen LogP contribution is 2.46. The maximum Gasteiger partial charge on any atom is 0.417 e. The number of hydrogen-bond acceptors (Lipinski definition) is 7. The lowest BCUT2D eigenvalue weighted by atomic mass is 9.76. The fraction of sp³-hybridized carbons (Fsp3) is 0.348. The van der Waals surface area contributed by atoms with E-state index in [2.05, 4.69) is 14.7 Å². The Labute approximate surface area is 209 Å². The summed E-state index contributed by atoms with van der Waals surface area (Å²) in [5.41, 5.74) is 4.83. The standard InChI is InChI=1S/C23H23F3N4O4S2/c1-22(2,17-11-35-21(29-17)30-36(32,33)14-4-5-14)18-15(6-7-16(20(27)31)19(18)34-3)12-8-13(10-28-9-12)23(24,25)26/h6-11,14H,4-5H2,1-3H3,(H2,27,31)(H,29,30). The molecular weight excluding hydrogens is 517 g/mol. The van der Waals surface area contributed by atoms with E-state index in [1.807, 2.05) is 0 Å². The third-order valence-electron chi connectivity index (χ3n) is 5.97. The van der Waals surface area contributed by atoms with Crippen LogP contribution in [0.4, 0.5) is 18.3 Å². The summed E-state index contributed by atoms with van der Waals surface area (Å²) in [5, 5.41) is 1.37. The molecule has 0 saturated heterocycles. The number of aromatic nitrogens is 2. The van der Waals surface area contributed by atoms with Gasteiger partial charge in [-0.25, -0.2) is 13.4 Å². The summed E-state index contributed by atoms with van der Waals surface area (Å²) in [6.07, 6.45) is -1.43. The van der Waals surface area contributed by atoms with Crippen molar-refractivity contribution in [2.45, 2.75) is 43.5 Å². The van der Waals surface area contributed by atoms with Crippen LogP contribution in [0.1, 0.15) is 53.9 Å². The van der Waals surface area contributed by atoms with E-state index in [9.17, 15) is 26.4 Å². The molecule has 1 saturated carbocycles. The smallest absolute Gasteiger partial charge is 0.417 e. The van der Waals surface area contributed by atoms with Gasteiger partial charge in [0.1, 0.15) is 5.75 Å². The molecule has 192 valence electrons. The molecule has 1 aliphatic rings. The van der Waals surface area contributed by atoms with Crippen LogP contribution in [0.25, 0.3) is 11.1 Å². The van der Waals surface area contributed by atoms with Gasteiger partial charge in [0.15, 0.2) is 5.13 Å². The Bertz CT molecular complexity index is 1430. The van der Waals surface area contributed by atoms with Crippen molar-refractivity contribution in [3.8, 4) is 16.9 Å². The molecule has 0 spiro atoms. The average Bonchev–Trinajstić information content (AvgIpc) is 3.57. The lowest BCUT2D eigenvalue weighted by Gasteiger charge is -2.29. The number of methoxy groups -OCH3 is 1. The predicted molar refractivity (Wildman–Crippen MR) is 130 cm³/mol. The highest BCUT2D eigenvalue weighted by Gasteiger charge is 2.38. The normalized spacial score (nSPS) is 14.5. The number of nitrogens with zero attached hydrogens (tertiary/aromatic N) is 2. The number of alkyl halides is 3. The first-order valence-corrected chi connectivity index (χ1v) is 13.2. The van der Waals surface area contributed by atoms with Crippen molar-refractivity contribution in [3.63, 3.8) is 0 Å². The Hall–Kier alpha value is -3.19. The number of primary amides is 1. The number of ether oxygens (including phenoxy) is 1. The van der Waals surface area contributed by atoms with Gasteiger partial charge in [0, 0.05) is 34.3 Å². The van der Waals surface area contributed by atoms with Gasteiger partial charge in [-0.3, -0.25) is 14.5 Å². The van der Waals surface area contributed by atoms with Gasteiger partial charge in [-0.05, 0) is 44.4 Å². The number of thiazole rings is 1. The lowest BCUT2D eigenvalue weighted by molar-refractivity contribution is -0.137. The molecular formula is C23H23F3N4O4S2. The molecule has 0 unspecified atom stereocenters. The third-order valence-corrected chi connectivity index (χ3v) is 8.68. The highest BCUT2D eigenvalue weighted by atomic mass is 32.2. The predicted octanol–water partition coefficient (Wildman–Crippen LogP) is 4.56. The van der Waals surface area contributed by atoms with Crippen LogP contribution in [-0.4, -0.2) is 36.7 Å². The lowest BCUT2D eigenvalue weighted by Crippen LogP contribution is -2.24. The maximum atomic E-state index is 13.4. The number of nitrogens with two attached hydrogens (primary N) is 1. The van der Waals surface area contributed by atoms with E-state index in [1.165, 1.54) is 25.4 Å². The van der Waals surface area contributed by atoms with Crippen molar-refractivity contribution < 1.29 is 31.1 Å². The summed E-state index contributed by atoms with van der Waals surface area (Å²) >= 11 is 1.08. The van der Waals surface area contributed by atoms with Gasteiger partial charge in [0.25, 0.3) is 5.91 Å². The van der Waals surface area contributed by atoms with Crippen LogP contribution < -0.4 is 15.2 Å². The van der Waals surface area contributed by atoms with Gasteiger partial charge < -0.3 is 10.5 Å². The molecule has 2 heterocycles. The number of carbonyl (C=O) groups is 1. The van der Waals surface area contributed by atoms with Gasteiger partial charge in [0.05, 0.1) is 29.2 Å². The number of halogens is 3. The monoisotopic (exact) mass is 540 g/mol. The largest absolute Gasteiger partial charge is 0.496 e. The topological polar surface area (TPSA) is 124 Å². The van der Waals surface area contributed by atoms with E-state index in [-0.39, 0.29) is 22.0 Å². The maximum absolute atomic E-state index is 13.4. The minimum absolute atomic E-state index is 0.0362. The number of carbonyl (C=O) groups excluding carboxylic acids is 1. The van der Waals surface area contributed by atoms with Gasteiger partial charge >= 0.3 is 6.18 Å².